The average Bonchev–Trinajstić information content (AvgIpc) is 2.32. The molecule has 7 unspecified atom stereocenters. The van der Waals surface area contributed by atoms with Crippen molar-refractivity contribution in [2.75, 3.05) is 6.67 Å². The molecule has 0 nitrogen and oxygen atoms in total. The number of halogens is 20. The van der Waals surface area contributed by atoms with Gasteiger partial charge in [0.25, 0.3) is 0 Å². The monoisotopic (exact) mass is 1370 g/mol. The van der Waals surface area contributed by atoms with Gasteiger partial charge in [-0.15, -0.1) is 0 Å². The first-order chi connectivity index (χ1) is 40.5. The third-order valence-corrected chi connectivity index (χ3v) is 12.4. The molecule has 0 N–H and O–H groups in total. The van der Waals surface area contributed by atoms with Crippen molar-refractivity contribution in [2.45, 2.75) is 387 Å². The summed E-state index contributed by atoms with van der Waals surface area (Å²) in [5.74, 6) is -7.78. The molecule has 0 radical (unpaired) electrons. The summed E-state index contributed by atoms with van der Waals surface area (Å²) in [7, 11) is 0. The molecule has 0 aromatic carbocycles. The summed E-state index contributed by atoms with van der Waals surface area (Å²) in [5, 5.41) is 0. The van der Waals surface area contributed by atoms with Gasteiger partial charge in [0.2, 0.25) is 18.3 Å². The van der Waals surface area contributed by atoms with E-state index in [4.69, 9.17) is 2.74 Å². The number of alkyl halides is 20. The highest BCUT2D eigenvalue weighted by atomic mass is 19.4. The van der Waals surface area contributed by atoms with Gasteiger partial charge in [0.15, 0.2) is 0 Å². The summed E-state index contributed by atoms with van der Waals surface area (Å²) in [6.45, 7) is 58.8. The third kappa shape index (κ3) is 152. The van der Waals surface area contributed by atoms with E-state index in [1.807, 2.05) is 41.5 Å². The summed E-state index contributed by atoms with van der Waals surface area (Å²) in [5.41, 5.74) is 0.301. The van der Waals surface area contributed by atoms with Gasteiger partial charge in [0, 0.05) is 21.5 Å². The Morgan fingerprint density at radius 2 is 0.611 bits per heavy atom. The molecule has 0 aliphatic heterocycles. The molecule has 0 aromatic heterocycles. The minimum absolute atomic E-state index is 0.00694. The highest BCUT2D eigenvalue weighted by Gasteiger charge is 2.38. The van der Waals surface area contributed by atoms with Crippen molar-refractivity contribution in [2.24, 2.45) is 64.1 Å². The van der Waals surface area contributed by atoms with Gasteiger partial charge in [0.1, 0.15) is 0 Å². The third-order valence-electron chi connectivity index (χ3n) is 12.4. The van der Waals surface area contributed by atoms with Gasteiger partial charge in [0.05, 0.1) is 36.5 Å². The highest BCUT2D eigenvalue weighted by Crippen LogP contribution is 2.35. The molecule has 0 fully saturated rings. The van der Waals surface area contributed by atoms with E-state index < -0.39 is 85.1 Å². The second-order valence-electron chi connectivity index (χ2n) is 26.8. The predicted molar refractivity (Wildman–Crippen MR) is 353 cm³/mol. The molecule has 0 aliphatic carbocycles. The van der Waals surface area contributed by atoms with Crippen molar-refractivity contribution in [3.63, 3.8) is 0 Å². The maximum Gasteiger partial charge on any atom is 0.391 e. The topological polar surface area (TPSA) is 0 Å². The zero-order valence-corrected chi connectivity index (χ0v) is 63.4. The van der Waals surface area contributed by atoms with Crippen LogP contribution in [0.5, 0.6) is 0 Å². The lowest BCUT2D eigenvalue weighted by Crippen LogP contribution is -2.24. The maximum absolute atomic E-state index is 12.0. The molecule has 0 saturated carbocycles. The van der Waals surface area contributed by atoms with Gasteiger partial charge < -0.3 is 0 Å². The van der Waals surface area contributed by atoms with Crippen LogP contribution in [0, 0.1) is 64.1 Å². The van der Waals surface area contributed by atoms with Gasteiger partial charge in [-0.05, 0) is 93.7 Å². The summed E-state index contributed by atoms with van der Waals surface area (Å²) in [6, 6.07) is 0. The average molecular weight is 1370 g/mol. The molecule has 0 aliphatic rings. The molecule has 0 heterocycles. The van der Waals surface area contributed by atoms with Crippen LogP contribution in [0.4, 0.5) is 87.8 Å². The molecule has 0 spiro atoms. The van der Waals surface area contributed by atoms with Gasteiger partial charge >= 0.3 is 24.7 Å². The van der Waals surface area contributed by atoms with E-state index in [2.05, 4.69) is 90.0 Å². The Labute approximate surface area is 546 Å². The van der Waals surface area contributed by atoms with Crippen molar-refractivity contribution < 1.29 is 90.5 Å². The Balaban J connectivity index is -0.0000000673. The van der Waals surface area contributed by atoms with E-state index in [1.165, 1.54) is 59.8 Å². The largest absolute Gasteiger partial charge is 0.391 e. The van der Waals surface area contributed by atoms with Crippen molar-refractivity contribution in [3.8, 4) is 0 Å². The van der Waals surface area contributed by atoms with E-state index in [0.29, 0.717) is 37.5 Å². The Morgan fingerprint density at radius 1 is 0.333 bits per heavy atom. The first-order valence-corrected chi connectivity index (χ1v) is 33.0. The first kappa shape index (κ1) is 113. The van der Waals surface area contributed by atoms with Gasteiger partial charge in [-0.25, -0.2) is 30.7 Å². The second kappa shape index (κ2) is 69.0. The predicted octanol–water partition coefficient (Wildman–Crippen LogP) is 31.7. The van der Waals surface area contributed by atoms with Crippen LogP contribution in [-0.4, -0.2) is 55.8 Å². The van der Waals surface area contributed by atoms with E-state index in [-0.39, 0.29) is 50.1 Å². The summed E-state index contributed by atoms with van der Waals surface area (Å²) in [4.78, 5) is 0. The molecule has 0 bridgehead atoms. The number of hydrogen-bond donors (Lipinski definition) is 0. The SMILES string of the molecule is CC(CC(C)(C)C)C(F)(F)F.CCC(C)(C)C.CCC(C)C.CCC(C)C.CCC(C)C(F)(F)F.CCC(C)C(F)F.CCC(C)CF.CCC(C)F.CCCC(C)(F)F.CCCC(C)(F)F.CCCC(C)C.CCCC(C)C(F)(F)F.[2H]C([2H])(C)C(C)C(F)(F)F. The molecule has 0 amide bonds. The van der Waals surface area contributed by atoms with Crippen LogP contribution >= 0.6 is 0 Å². The number of rotatable bonds is 18. The molecule has 7 atom stereocenters. The Bertz CT molecular complexity index is 1330. The van der Waals surface area contributed by atoms with E-state index >= 15 is 0 Å². The molecule has 20 heteroatoms. The maximum atomic E-state index is 12.0. The Kier molecular flexibility index (Phi) is 86.5. The van der Waals surface area contributed by atoms with E-state index in [1.54, 1.807) is 41.5 Å². The van der Waals surface area contributed by atoms with Gasteiger partial charge in [-0.1, -0.05) is 265 Å². The summed E-state index contributed by atoms with van der Waals surface area (Å²) in [6.07, 6.45) is -10.3. The van der Waals surface area contributed by atoms with Gasteiger partial charge in [-0.3, -0.25) is 4.39 Å². The second-order valence-corrected chi connectivity index (χ2v) is 26.8. The normalized spacial score (nSPS) is 14.3. The van der Waals surface area contributed by atoms with Crippen molar-refractivity contribution in [1.29, 1.82) is 0 Å². The molecule has 90 heavy (non-hydrogen) atoms. The Morgan fingerprint density at radius 3 is 0.633 bits per heavy atom. The smallest absolute Gasteiger partial charge is 0.251 e. The van der Waals surface area contributed by atoms with Crippen LogP contribution < -0.4 is 0 Å². The zero-order valence-electron chi connectivity index (χ0n) is 65.4. The standard InChI is InChI=1S/C8H15F3.C6H11F3.2C6H14.2C5H9F3.3C5H10F2.C5H11F.2C5H12.C4H9F/c1-6(8(9,10)11)5-7(2,3)4;1-3-4-5(2)6(7,8)9;1-5-6(2,3)4;1-4-5-6(2)3;2*1-3-4(2)5(6,7)8;2*1-3-4-5(2,6)7;1-3-4(2)5(6)7;1-3-5(2)4-6;2*1-4-5(2)3;1-3-4(2)5/h6H,5H2,1-4H3;5H,3-4H2,1-2H3;5H2,1-4H3;6H,4-5H2,1-3H3;2*4H,3H2,1-2H3;2*3-4H2,1-2H3;4-5H,3H2,1-2H3;5H,3-4H2,1-2H3;2*5H,4H2,1-3H3;4H,3H2,1-2H3/i;;;;3D2;;;;;;;;. The molecular weight excluding hydrogens is 1220 g/mol. The van der Waals surface area contributed by atoms with E-state index in [9.17, 15) is 87.8 Å². The zero-order chi connectivity index (χ0) is 77.9. The highest BCUT2D eigenvalue weighted by molar-refractivity contribution is 4.71. The van der Waals surface area contributed by atoms with Crippen LogP contribution in [0.15, 0.2) is 0 Å². The van der Waals surface area contributed by atoms with Gasteiger partial charge in [-0.2, -0.15) is 52.7 Å². The first-order valence-electron chi connectivity index (χ1n) is 34.0. The lowest BCUT2D eigenvalue weighted by atomic mass is 9.85. The minimum Gasteiger partial charge on any atom is -0.251 e. The van der Waals surface area contributed by atoms with Crippen LogP contribution in [0.1, 0.15) is 340 Å². The lowest BCUT2D eigenvalue weighted by Gasteiger charge is -2.24. The van der Waals surface area contributed by atoms with Crippen molar-refractivity contribution in [1.82, 2.24) is 0 Å². The van der Waals surface area contributed by atoms with Crippen molar-refractivity contribution >= 4 is 0 Å². The van der Waals surface area contributed by atoms with Crippen molar-refractivity contribution in [3.05, 3.63) is 0 Å². The minimum atomic E-state index is -4.43. The summed E-state index contributed by atoms with van der Waals surface area (Å²) >= 11 is 0. The van der Waals surface area contributed by atoms with Crippen LogP contribution in [0.25, 0.3) is 0 Å². The lowest BCUT2D eigenvalue weighted by molar-refractivity contribution is -0.176. The fourth-order valence-corrected chi connectivity index (χ4v) is 3.77. The molecule has 0 aromatic rings. The van der Waals surface area contributed by atoms with Crippen LogP contribution in [0.2, 0.25) is 0 Å². The quantitative estimate of drug-likeness (QED) is 0.120. The summed E-state index contributed by atoms with van der Waals surface area (Å²) < 4.78 is 246. The Hall–Kier alpha value is -1.40. The molecule has 0 saturated heterocycles. The van der Waals surface area contributed by atoms with E-state index in [0.717, 1.165) is 51.9 Å². The van der Waals surface area contributed by atoms with Crippen LogP contribution in [-0.2, 0) is 0 Å². The fraction of sp³-hybridized carbons (Fsp3) is 1.00. The fourth-order valence-electron chi connectivity index (χ4n) is 3.77. The molecular formula is C70H146F20. The molecule has 0 rings (SSSR count). The van der Waals surface area contributed by atoms with Crippen LogP contribution in [0.3, 0.4) is 0 Å². The number of hydrogen-bond acceptors (Lipinski definition) is 0. The molecule has 566 valence electrons.